The van der Waals surface area contributed by atoms with Gasteiger partial charge in [0.15, 0.2) is 5.65 Å². The van der Waals surface area contributed by atoms with Gasteiger partial charge in [0.1, 0.15) is 22.5 Å². The van der Waals surface area contributed by atoms with Crippen LogP contribution in [0.2, 0.25) is 0 Å². The minimum absolute atomic E-state index is 0.0238. The predicted octanol–water partition coefficient (Wildman–Crippen LogP) is 4.41. The fraction of sp³-hybridized carbons (Fsp3) is 0.333. The molecule has 1 aliphatic rings. The number of aromatic nitrogens is 5. The minimum atomic E-state index is -4.69. The van der Waals surface area contributed by atoms with E-state index >= 15 is 0 Å². The summed E-state index contributed by atoms with van der Waals surface area (Å²) >= 11 is 0. The Hall–Kier alpha value is -4.04. The second-order valence-corrected chi connectivity index (χ2v) is 7.62. The van der Waals surface area contributed by atoms with Crippen LogP contribution in [0, 0.1) is 0 Å². The molecule has 190 valence electrons. The number of nitrogens with zero attached hydrogens (tertiary/aromatic N) is 7. The van der Waals surface area contributed by atoms with Crippen molar-refractivity contribution in [2.75, 3.05) is 25.5 Å². The van der Waals surface area contributed by atoms with Gasteiger partial charge in [0.2, 0.25) is 11.8 Å². The largest absolute Gasteiger partial charge is 0.477 e. The first-order valence-corrected chi connectivity index (χ1v) is 10.5. The van der Waals surface area contributed by atoms with Crippen LogP contribution < -0.4 is 5.32 Å². The number of likely N-dealkylation sites (N-methyl/N-ethyl adjacent to an activating group) is 1. The Morgan fingerprint density at radius 3 is 2.53 bits per heavy atom. The Balaban J connectivity index is 1.72. The van der Waals surface area contributed by atoms with E-state index in [2.05, 4.69) is 35.5 Å². The first-order valence-electron chi connectivity index (χ1n) is 10.5. The lowest BCUT2D eigenvalue weighted by atomic mass is 10.1. The maximum absolute atomic E-state index is 13.5. The number of alkyl halides is 6. The van der Waals surface area contributed by atoms with Gasteiger partial charge in [-0.25, -0.2) is 15.0 Å². The molecule has 15 heteroatoms. The van der Waals surface area contributed by atoms with E-state index in [0.29, 0.717) is 6.42 Å². The number of halogens is 6. The van der Waals surface area contributed by atoms with Gasteiger partial charge in [0.25, 0.3) is 0 Å². The topological polar surface area (TPSA) is 101 Å². The first kappa shape index (κ1) is 25.1. The third kappa shape index (κ3) is 5.13. The van der Waals surface area contributed by atoms with E-state index in [4.69, 9.17) is 4.74 Å². The zero-order valence-corrected chi connectivity index (χ0v) is 18.8. The van der Waals surface area contributed by atoms with E-state index < -0.39 is 41.6 Å². The number of hydrogen-bond acceptors (Lipinski definition) is 9. The number of anilines is 1. The van der Waals surface area contributed by atoms with Crippen molar-refractivity contribution in [1.82, 2.24) is 30.0 Å². The molecule has 0 unspecified atom stereocenters. The van der Waals surface area contributed by atoms with E-state index in [0.717, 1.165) is 18.5 Å². The van der Waals surface area contributed by atoms with Crippen molar-refractivity contribution in [2.24, 2.45) is 4.99 Å². The molecule has 3 aromatic rings. The number of aliphatic imine (C=N–C) groups is 1. The third-order valence-corrected chi connectivity index (χ3v) is 4.97. The van der Waals surface area contributed by atoms with Crippen LogP contribution in [0.25, 0.3) is 22.6 Å². The molecule has 0 radical (unpaired) electrons. The molecule has 0 atom stereocenters. The average molecular weight is 512 g/mol. The number of ether oxygens (including phenoxy) is 1. The minimum Gasteiger partial charge on any atom is -0.477 e. The highest BCUT2D eigenvalue weighted by atomic mass is 19.4. The van der Waals surface area contributed by atoms with Gasteiger partial charge in [-0.3, -0.25) is 0 Å². The van der Waals surface area contributed by atoms with Crippen LogP contribution in [0.3, 0.4) is 0 Å². The highest BCUT2D eigenvalue weighted by Gasteiger charge is 2.41. The van der Waals surface area contributed by atoms with Crippen molar-refractivity contribution in [2.45, 2.75) is 25.7 Å². The monoisotopic (exact) mass is 512 g/mol. The predicted molar refractivity (Wildman–Crippen MR) is 116 cm³/mol. The molecule has 36 heavy (non-hydrogen) atoms. The highest BCUT2D eigenvalue weighted by Crippen LogP contribution is 2.35. The molecule has 0 aliphatic carbocycles. The van der Waals surface area contributed by atoms with Gasteiger partial charge in [-0.1, -0.05) is 6.92 Å². The number of hydrogen-bond donors (Lipinski definition) is 1. The summed E-state index contributed by atoms with van der Waals surface area (Å²) in [6, 6.07) is 2.25. The van der Waals surface area contributed by atoms with Crippen molar-refractivity contribution >= 4 is 22.8 Å². The maximum atomic E-state index is 13.5. The van der Waals surface area contributed by atoms with Crippen LogP contribution >= 0.6 is 0 Å². The normalized spacial score (nSPS) is 14.8. The summed E-state index contributed by atoms with van der Waals surface area (Å²) in [6.07, 6.45) is -5.52. The molecule has 0 amide bonds. The zero-order chi connectivity index (χ0) is 26.1. The summed E-state index contributed by atoms with van der Waals surface area (Å²) < 4.78 is 85.8. The van der Waals surface area contributed by atoms with Gasteiger partial charge < -0.3 is 15.0 Å². The SMILES string of the molecule is CCCOC1=C(C(F)(F)F)CN(C)C(Nc2ccnc3nc(-c4nnccc4C(F)(F)F)cnc23)=N1. The van der Waals surface area contributed by atoms with E-state index in [9.17, 15) is 26.3 Å². The maximum Gasteiger partial charge on any atom is 0.419 e. The fourth-order valence-corrected chi connectivity index (χ4v) is 3.29. The van der Waals surface area contributed by atoms with Gasteiger partial charge in [0.05, 0.1) is 36.8 Å². The summed E-state index contributed by atoms with van der Waals surface area (Å²) in [5, 5.41) is 9.95. The second kappa shape index (κ2) is 9.54. The Labute approximate surface area is 200 Å². The van der Waals surface area contributed by atoms with E-state index in [-0.39, 0.29) is 35.1 Å². The highest BCUT2D eigenvalue weighted by molar-refractivity contribution is 6.01. The summed E-state index contributed by atoms with van der Waals surface area (Å²) in [5.41, 5.74) is -2.28. The van der Waals surface area contributed by atoms with Crippen molar-refractivity contribution in [3.05, 3.63) is 47.7 Å². The van der Waals surface area contributed by atoms with Gasteiger partial charge in [-0.05, 0) is 18.6 Å². The molecule has 0 bridgehead atoms. The van der Waals surface area contributed by atoms with E-state index in [1.54, 1.807) is 6.92 Å². The fourth-order valence-electron chi connectivity index (χ4n) is 3.29. The number of nitrogens with one attached hydrogen (secondary N) is 1. The van der Waals surface area contributed by atoms with Crippen LogP contribution in [-0.2, 0) is 10.9 Å². The van der Waals surface area contributed by atoms with Crippen molar-refractivity contribution in [1.29, 1.82) is 0 Å². The molecular formula is C21H18F6N8O. The molecule has 0 saturated carbocycles. The summed E-state index contributed by atoms with van der Waals surface area (Å²) in [7, 11) is 1.41. The van der Waals surface area contributed by atoms with Crippen molar-refractivity contribution in [3.63, 3.8) is 0 Å². The molecule has 4 rings (SSSR count). The lowest BCUT2D eigenvalue weighted by Crippen LogP contribution is -2.40. The molecular weight excluding hydrogens is 494 g/mol. The lowest BCUT2D eigenvalue weighted by molar-refractivity contribution is -0.137. The third-order valence-electron chi connectivity index (χ3n) is 4.97. The Bertz CT molecular complexity index is 1340. The smallest absolute Gasteiger partial charge is 0.419 e. The van der Waals surface area contributed by atoms with Gasteiger partial charge in [0, 0.05) is 13.2 Å². The van der Waals surface area contributed by atoms with E-state index in [1.807, 2.05) is 0 Å². The van der Waals surface area contributed by atoms with Gasteiger partial charge in [-0.15, -0.1) is 5.10 Å². The summed E-state index contributed by atoms with van der Waals surface area (Å²) in [4.78, 5) is 17.6. The molecule has 0 fully saturated rings. The quantitative estimate of drug-likeness (QED) is 0.502. The van der Waals surface area contributed by atoms with Gasteiger partial charge in [-0.2, -0.15) is 36.4 Å². The number of fused-ring (bicyclic) bond motifs is 1. The van der Waals surface area contributed by atoms with E-state index in [1.165, 1.54) is 24.2 Å². The molecule has 0 aromatic carbocycles. The summed E-state index contributed by atoms with van der Waals surface area (Å²) in [5.74, 6) is -0.500. The first-order chi connectivity index (χ1) is 17.0. The molecule has 4 heterocycles. The molecule has 0 saturated heterocycles. The lowest BCUT2D eigenvalue weighted by Gasteiger charge is -2.29. The van der Waals surface area contributed by atoms with Crippen molar-refractivity contribution < 1.29 is 31.1 Å². The average Bonchev–Trinajstić information content (AvgIpc) is 2.83. The zero-order valence-electron chi connectivity index (χ0n) is 18.8. The van der Waals surface area contributed by atoms with Crippen molar-refractivity contribution in [3.8, 4) is 11.4 Å². The number of rotatable bonds is 5. The van der Waals surface area contributed by atoms with Crippen LogP contribution in [0.4, 0.5) is 32.0 Å². The molecule has 0 spiro atoms. The van der Waals surface area contributed by atoms with Crippen LogP contribution in [0.15, 0.2) is 47.2 Å². The molecule has 3 aromatic heterocycles. The standard InChI is InChI=1S/C21H18F6N8O/c1-3-8-36-18-12(21(25,26)27)10-35(2)19(33-18)32-13-5-6-28-17-16(13)29-9-14(31-17)15-11(20(22,23)24)4-7-30-34-15/h4-7,9H,3,8,10H2,1-2H3,(H,28,31,32,33). The Morgan fingerprint density at radius 2 is 1.83 bits per heavy atom. The Kier molecular flexibility index (Phi) is 6.65. The number of guanidine groups is 1. The van der Waals surface area contributed by atoms with Gasteiger partial charge >= 0.3 is 12.4 Å². The second-order valence-electron chi connectivity index (χ2n) is 7.62. The summed E-state index contributed by atoms with van der Waals surface area (Å²) in [6.45, 7) is 1.28. The Morgan fingerprint density at radius 1 is 1.06 bits per heavy atom. The van der Waals surface area contributed by atoms with Crippen LogP contribution in [0.1, 0.15) is 18.9 Å². The number of pyridine rings is 1. The van der Waals surface area contributed by atoms with Crippen LogP contribution in [0.5, 0.6) is 0 Å². The molecule has 9 nitrogen and oxygen atoms in total. The molecule has 1 aliphatic heterocycles. The molecule has 1 N–H and O–H groups in total. The van der Waals surface area contributed by atoms with Crippen LogP contribution in [-0.4, -0.2) is 62.4 Å².